The number of anilines is 1. The summed E-state index contributed by atoms with van der Waals surface area (Å²) in [6.45, 7) is 2.62. The molecule has 0 spiro atoms. The fraction of sp³-hybridized carbons (Fsp3) is 0.278. The third-order valence-corrected chi connectivity index (χ3v) is 5.04. The Morgan fingerprint density at radius 3 is 2.48 bits per heavy atom. The molecule has 1 heterocycles. The molecule has 25 heavy (non-hydrogen) atoms. The first-order valence-corrected chi connectivity index (χ1v) is 8.77. The summed E-state index contributed by atoms with van der Waals surface area (Å²) in [5.74, 6) is -0.316. The molecule has 0 unspecified atom stereocenters. The lowest BCUT2D eigenvalue weighted by atomic mass is 10.2. The number of benzene rings is 2. The number of nitrogens with one attached hydrogen (secondary N) is 1. The SMILES string of the molecule is O=C(NCc1ccccc1F)N1CCN(c2cccc(Cl)c2Cl)CC1. The van der Waals surface area contributed by atoms with E-state index in [-0.39, 0.29) is 18.4 Å². The van der Waals surface area contributed by atoms with Crippen LogP contribution in [0.4, 0.5) is 14.9 Å². The molecule has 132 valence electrons. The number of piperazine rings is 1. The number of hydrogen-bond acceptors (Lipinski definition) is 2. The van der Waals surface area contributed by atoms with E-state index in [2.05, 4.69) is 10.2 Å². The van der Waals surface area contributed by atoms with Crippen molar-refractivity contribution < 1.29 is 9.18 Å². The average molecular weight is 382 g/mol. The fourth-order valence-corrected chi connectivity index (χ4v) is 3.23. The van der Waals surface area contributed by atoms with Crippen molar-refractivity contribution in [3.8, 4) is 0 Å². The van der Waals surface area contributed by atoms with Crippen molar-refractivity contribution in [2.75, 3.05) is 31.1 Å². The zero-order valence-corrected chi connectivity index (χ0v) is 15.0. The Morgan fingerprint density at radius 1 is 1.04 bits per heavy atom. The maximum atomic E-state index is 13.6. The van der Waals surface area contributed by atoms with Gasteiger partial charge in [-0.3, -0.25) is 0 Å². The van der Waals surface area contributed by atoms with Gasteiger partial charge in [-0.05, 0) is 18.2 Å². The van der Waals surface area contributed by atoms with E-state index in [0.29, 0.717) is 41.8 Å². The first kappa shape index (κ1) is 17.8. The Labute approximate surface area is 156 Å². The quantitative estimate of drug-likeness (QED) is 0.865. The standard InChI is InChI=1S/C18H18Cl2FN3O/c19-14-5-3-7-16(17(14)20)23-8-10-24(11-9-23)18(25)22-12-13-4-1-2-6-15(13)21/h1-7H,8-12H2,(H,22,25). The Balaban J connectivity index is 1.54. The molecule has 3 rings (SSSR count). The second kappa shape index (κ2) is 7.93. The van der Waals surface area contributed by atoms with E-state index in [1.807, 2.05) is 12.1 Å². The molecule has 2 aromatic rings. The van der Waals surface area contributed by atoms with Crippen molar-refractivity contribution in [3.63, 3.8) is 0 Å². The fourth-order valence-electron chi connectivity index (χ4n) is 2.81. The van der Waals surface area contributed by atoms with E-state index in [1.54, 1.807) is 29.2 Å². The summed E-state index contributed by atoms with van der Waals surface area (Å²) in [4.78, 5) is 16.1. The lowest BCUT2D eigenvalue weighted by Crippen LogP contribution is -2.51. The molecule has 0 aliphatic carbocycles. The summed E-state index contributed by atoms with van der Waals surface area (Å²) < 4.78 is 13.6. The maximum absolute atomic E-state index is 13.6. The third-order valence-electron chi connectivity index (χ3n) is 4.23. The molecule has 0 atom stereocenters. The van der Waals surface area contributed by atoms with Crippen molar-refractivity contribution >= 4 is 34.9 Å². The van der Waals surface area contributed by atoms with Gasteiger partial charge in [0.15, 0.2) is 0 Å². The van der Waals surface area contributed by atoms with Crippen molar-refractivity contribution in [1.82, 2.24) is 10.2 Å². The van der Waals surface area contributed by atoms with Gasteiger partial charge in [0, 0.05) is 38.3 Å². The average Bonchev–Trinajstić information content (AvgIpc) is 2.63. The van der Waals surface area contributed by atoms with E-state index in [0.717, 1.165) is 5.69 Å². The van der Waals surface area contributed by atoms with Gasteiger partial charge in [0.05, 0.1) is 15.7 Å². The van der Waals surface area contributed by atoms with Crippen LogP contribution in [0.2, 0.25) is 10.0 Å². The number of nitrogens with zero attached hydrogens (tertiary/aromatic N) is 2. The normalized spacial score (nSPS) is 14.5. The molecular weight excluding hydrogens is 364 g/mol. The molecule has 2 amide bonds. The van der Waals surface area contributed by atoms with Gasteiger partial charge in [-0.2, -0.15) is 0 Å². The number of urea groups is 1. The Bertz CT molecular complexity index is 764. The van der Waals surface area contributed by atoms with Crippen molar-refractivity contribution in [3.05, 3.63) is 63.9 Å². The number of amides is 2. The smallest absolute Gasteiger partial charge is 0.317 e. The first-order valence-electron chi connectivity index (χ1n) is 8.01. The van der Waals surface area contributed by atoms with Crippen LogP contribution < -0.4 is 10.2 Å². The summed E-state index contributed by atoms with van der Waals surface area (Å²) in [6.07, 6.45) is 0. The monoisotopic (exact) mass is 381 g/mol. The highest BCUT2D eigenvalue weighted by molar-refractivity contribution is 6.43. The molecular formula is C18H18Cl2FN3O. The van der Waals surface area contributed by atoms with Gasteiger partial charge in [0.1, 0.15) is 5.82 Å². The van der Waals surface area contributed by atoms with Crippen LogP contribution >= 0.6 is 23.2 Å². The molecule has 0 aromatic heterocycles. The third kappa shape index (κ3) is 4.17. The van der Waals surface area contributed by atoms with Gasteiger partial charge in [-0.1, -0.05) is 47.5 Å². The van der Waals surface area contributed by atoms with Crippen LogP contribution in [0, 0.1) is 5.82 Å². The minimum atomic E-state index is -0.316. The molecule has 1 N–H and O–H groups in total. The van der Waals surface area contributed by atoms with Crippen molar-refractivity contribution in [2.24, 2.45) is 0 Å². The highest BCUT2D eigenvalue weighted by Gasteiger charge is 2.22. The Hall–Kier alpha value is -1.98. The number of rotatable bonds is 3. The summed E-state index contributed by atoms with van der Waals surface area (Å²) in [6, 6.07) is 11.8. The first-order chi connectivity index (χ1) is 12.1. The van der Waals surface area contributed by atoms with E-state index in [1.165, 1.54) is 6.07 Å². The lowest BCUT2D eigenvalue weighted by molar-refractivity contribution is 0.194. The topological polar surface area (TPSA) is 35.6 Å². The molecule has 1 aliphatic rings. The number of carbonyl (C=O) groups is 1. The predicted molar refractivity (Wildman–Crippen MR) is 98.9 cm³/mol. The molecule has 0 bridgehead atoms. The van der Waals surface area contributed by atoms with Gasteiger partial charge >= 0.3 is 6.03 Å². The maximum Gasteiger partial charge on any atom is 0.317 e. The van der Waals surface area contributed by atoms with Crippen LogP contribution in [0.15, 0.2) is 42.5 Å². The lowest BCUT2D eigenvalue weighted by Gasteiger charge is -2.36. The molecule has 1 aliphatic heterocycles. The number of hydrogen-bond donors (Lipinski definition) is 1. The Morgan fingerprint density at radius 2 is 1.76 bits per heavy atom. The second-order valence-electron chi connectivity index (χ2n) is 5.80. The molecule has 1 fully saturated rings. The summed E-state index contributed by atoms with van der Waals surface area (Å²) in [5.41, 5.74) is 1.35. The van der Waals surface area contributed by atoms with Crippen LogP contribution in [0.3, 0.4) is 0 Å². The van der Waals surface area contributed by atoms with Gasteiger partial charge in [-0.25, -0.2) is 9.18 Å². The van der Waals surface area contributed by atoms with Crippen molar-refractivity contribution in [1.29, 1.82) is 0 Å². The summed E-state index contributed by atoms with van der Waals surface area (Å²) in [7, 11) is 0. The molecule has 0 radical (unpaired) electrons. The number of carbonyl (C=O) groups excluding carboxylic acids is 1. The van der Waals surface area contributed by atoms with Crippen LogP contribution in [0.25, 0.3) is 0 Å². The van der Waals surface area contributed by atoms with Crippen LogP contribution in [0.5, 0.6) is 0 Å². The van der Waals surface area contributed by atoms with Gasteiger partial charge in [0.2, 0.25) is 0 Å². The van der Waals surface area contributed by atoms with E-state index < -0.39 is 0 Å². The minimum absolute atomic E-state index is 0.172. The number of halogens is 3. The summed E-state index contributed by atoms with van der Waals surface area (Å²) >= 11 is 12.3. The largest absolute Gasteiger partial charge is 0.367 e. The molecule has 7 heteroatoms. The Kier molecular flexibility index (Phi) is 5.66. The second-order valence-corrected chi connectivity index (χ2v) is 6.58. The van der Waals surface area contributed by atoms with Crippen LogP contribution in [-0.2, 0) is 6.54 Å². The zero-order chi connectivity index (χ0) is 17.8. The van der Waals surface area contributed by atoms with Crippen molar-refractivity contribution in [2.45, 2.75) is 6.54 Å². The minimum Gasteiger partial charge on any atom is -0.367 e. The molecule has 0 saturated carbocycles. The predicted octanol–water partition coefficient (Wildman–Crippen LogP) is 4.16. The van der Waals surface area contributed by atoms with E-state index >= 15 is 0 Å². The van der Waals surface area contributed by atoms with E-state index in [9.17, 15) is 9.18 Å². The molecule has 2 aromatic carbocycles. The molecule has 1 saturated heterocycles. The highest BCUT2D eigenvalue weighted by atomic mass is 35.5. The molecule has 4 nitrogen and oxygen atoms in total. The van der Waals surface area contributed by atoms with Gasteiger partial charge in [0.25, 0.3) is 0 Å². The van der Waals surface area contributed by atoms with Gasteiger partial charge < -0.3 is 15.1 Å². The zero-order valence-electron chi connectivity index (χ0n) is 13.5. The van der Waals surface area contributed by atoms with E-state index in [4.69, 9.17) is 23.2 Å². The highest BCUT2D eigenvalue weighted by Crippen LogP contribution is 2.32. The van der Waals surface area contributed by atoms with Crippen LogP contribution in [0.1, 0.15) is 5.56 Å². The van der Waals surface area contributed by atoms with Gasteiger partial charge in [-0.15, -0.1) is 0 Å². The van der Waals surface area contributed by atoms with Crippen LogP contribution in [-0.4, -0.2) is 37.1 Å². The summed E-state index contributed by atoms with van der Waals surface area (Å²) in [5, 5.41) is 3.81.